The Bertz CT molecular complexity index is 493. The minimum Gasteiger partial charge on any atom is -0.366 e. The lowest BCUT2D eigenvalue weighted by Crippen LogP contribution is -2.39. The SMILES string of the molecule is Cc1ccc(C#N)c(N(CC2CCCN2)C2CC2)c1. The fraction of sp³-hybridized carbons (Fsp3) is 0.562. The number of hydrogen-bond donors (Lipinski definition) is 1. The Morgan fingerprint density at radius 3 is 2.84 bits per heavy atom. The quantitative estimate of drug-likeness (QED) is 0.899. The summed E-state index contributed by atoms with van der Waals surface area (Å²) in [6.45, 7) is 4.29. The molecular formula is C16H21N3. The fourth-order valence-corrected chi connectivity index (χ4v) is 2.95. The maximum Gasteiger partial charge on any atom is 0.101 e. The van der Waals surface area contributed by atoms with Crippen LogP contribution in [0.1, 0.15) is 36.8 Å². The Hall–Kier alpha value is -1.53. The largest absolute Gasteiger partial charge is 0.366 e. The first-order chi connectivity index (χ1) is 9.28. The van der Waals surface area contributed by atoms with E-state index in [1.54, 1.807) is 0 Å². The van der Waals surface area contributed by atoms with Crippen molar-refractivity contribution in [2.45, 2.75) is 44.7 Å². The third-order valence-corrected chi connectivity index (χ3v) is 4.15. The van der Waals surface area contributed by atoms with Gasteiger partial charge < -0.3 is 10.2 Å². The third kappa shape index (κ3) is 2.74. The normalized spacial score (nSPS) is 22.2. The van der Waals surface area contributed by atoms with Gasteiger partial charge in [0, 0.05) is 18.6 Å². The molecule has 1 saturated carbocycles. The summed E-state index contributed by atoms with van der Waals surface area (Å²) in [7, 11) is 0. The number of nitrogens with one attached hydrogen (secondary N) is 1. The van der Waals surface area contributed by atoms with Gasteiger partial charge in [0.25, 0.3) is 0 Å². The fourth-order valence-electron chi connectivity index (χ4n) is 2.95. The Morgan fingerprint density at radius 1 is 1.37 bits per heavy atom. The topological polar surface area (TPSA) is 39.1 Å². The molecule has 1 heterocycles. The van der Waals surface area contributed by atoms with Crippen LogP contribution in [-0.4, -0.2) is 25.2 Å². The van der Waals surface area contributed by atoms with Gasteiger partial charge in [0.2, 0.25) is 0 Å². The second-order valence-corrected chi connectivity index (χ2v) is 5.81. The molecule has 0 bridgehead atoms. The molecule has 3 heteroatoms. The lowest BCUT2D eigenvalue weighted by Gasteiger charge is -2.29. The minimum atomic E-state index is 0.590. The van der Waals surface area contributed by atoms with Crippen LogP contribution in [0.2, 0.25) is 0 Å². The maximum absolute atomic E-state index is 9.33. The predicted octanol–water partition coefficient (Wildman–Crippen LogP) is 2.59. The first kappa shape index (κ1) is 12.5. The molecule has 3 rings (SSSR count). The maximum atomic E-state index is 9.33. The molecule has 3 nitrogen and oxygen atoms in total. The van der Waals surface area contributed by atoms with Crippen molar-refractivity contribution >= 4 is 5.69 Å². The van der Waals surface area contributed by atoms with Gasteiger partial charge in [0.15, 0.2) is 0 Å². The standard InChI is InChI=1S/C16H21N3/c1-12-4-5-13(10-17)16(9-12)19(15-6-7-15)11-14-3-2-8-18-14/h4-5,9,14-15,18H,2-3,6-8,11H2,1H3. The summed E-state index contributed by atoms with van der Waals surface area (Å²) in [5, 5.41) is 12.9. The van der Waals surface area contributed by atoms with Crippen molar-refractivity contribution in [1.29, 1.82) is 5.26 Å². The summed E-state index contributed by atoms with van der Waals surface area (Å²) in [5.74, 6) is 0. The highest BCUT2D eigenvalue weighted by molar-refractivity contribution is 5.62. The Morgan fingerprint density at radius 2 is 2.21 bits per heavy atom. The Balaban J connectivity index is 1.86. The van der Waals surface area contributed by atoms with E-state index in [1.165, 1.54) is 31.2 Å². The number of rotatable bonds is 4. The van der Waals surface area contributed by atoms with Crippen molar-refractivity contribution in [2.24, 2.45) is 0 Å². The molecular weight excluding hydrogens is 234 g/mol. The zero-order valence-electron chi connectivity index (χ0n) is 11.5. The van der Waals surface area contributed by atoms with Crippen molar-refractivity contribution < 1.29 is 0 Å². The molecule has 100 valence electrons. The lowest BCUT2D eigenvalue weighted by molar-refractivity contribution is 0.578. The highest BCUT2D eigenvalue weighted by Gasteiger charge is 2.32. The predicted molar refractivity (Wildman–Crippen MR) is 77.3 cm³/mol. The summed E-state index contributed by atoms with van der Waals surface area (Å²) < 4.78 is 0. The lowest BCUT2D eigenvalue weighted by atomic mass is 10.1. The summed E-state index contributed by atoms with van der Waals surface area (Å²) in [6.07, 6.45) is 5.08. The van der Waals surface area contributed by atoms with E-state index < -0.39 is 0 Å². The van der Waals surface area contributed by atoms with Gasteiger partial charge in [0.1, 0.15) is 6.07 Å². The van der Waals surface area contributed by atoms with E-state index in [0.29, 0.717) is 12.1 Å². The summed E-state index contributed by atoms with van der Waals surface area (Å²) in [4.78, 5) is 2.47. The van der Waals surface area contributed by atoms with Crippen LogP contribution >= 0.6 is 0 Å². The van der Waals surface area contributed by atoms with Crippen molar-refractivity contribution in [3.8, 4) is 6.07 Å². The number of nitriles is 1. The Labute approximate surface area is 115 Å². The molecule has 2 aliphatic rings. The van der Waals surface area contributed by atoms with Crippen molar-refractivity contribution in [3.05, 3.63) is 29.3 Å². The summed E-state index contributed by atoms with van der Waals surface area (Å²) in [6, 6.07) is 9.75. The second-order valence-electron chi connectivity index (χ2n) is 5.81. The second kappa shape index (κ2) is 5.22. The van der Waals surface area contributed by atoms with Crippen molar-refractivity contribution in [3.63, 3.8) is 0 Å². The van der Waals surface area contributed by atoms with Gasteiger partial charge in [-0.2, -0.15) is 5.26 Å². The van der Waals surface area contributed by atoms with E-state index in [9.17, 15) is 5.26 Å². The Kier molecular flexibility index (Phi) is 3.44. The monoisotopic (exact) mass is 255 g/mol. The summed E-state index contributed by atoms with van der Waals surface area (Å²) in [5.41, 5.74) is 3.19. The van der Waals surface area contributed by atoms with Gasteiger partial charge in [-0.1, -0.05) is 6.07 Å². The van der Waals surface area contributed by atoms with Crippen LogP contribution in [0.4, 0.5) is 5.69 Å². The van der Waals surface area contributed by atoms with E-state index in [0.717, 1.165) is 24.3 Å². The molecule has 0 amide bonds. The number of hydrogen-bond acceptors (Lipinski definition) is 3. The molecule has 2 fully saturated rings. The summed E-state index contributed by atoms with van der Waals surface area (Å²) >= 11 is 0. The van der Waals surface area contributed by atoms with E-state index in [2.05, 4.69) is 29.3 Å². The molecule has 19 heavy (non-hydrogen) atoms. The number of nitrogens with zero attached hydrogens (tertiary/aromatic N) is 2. The molecule has 1 atom stereocenters. The average molecular weight is 255 g/mol. The average Bonchev–Trinajstić information content (AvgIpc) is 3.13. The number of benzene rings is 1. The smallest absolute Gasteiger partial charge is 0.101 e. The van der Waals surface area contributed by atoms with Crippen LogP contribution in [0.5, 0.6) is 0 Å². The van der Waals surface area contributed by atoms with Crippen LogP contribution < -0.4 is 10.2 Å². The van der Waals surface area contributed by atoms with E-state index in [1.807, 2.05) is 12.1 Å². The van der Waals surface area contributed by atoms with Crippen molar-refractivity contribution in [2.75, 3.05) is 18.0 Å². The highest BCUT2D eigenvalue weighted by atomic mass is 15.2. The molecule has 1 unspecified atom stereocenters. The van der Waals surface area contributed by atoms with E-state index in [-0.39, 0.29) is 0 Å². The van der Waals surface area contributed by atoms with Gasteiger partial charge in [-0.25, -0.2) is 0 Å². The molecule has 0 radical (unpaired) electrons. The van der Waals surface area contributed by atoms with E-state index in [4.69, 9.17) is 0 Å². The van der Waals surface area contributed by atoms with Gasteiger partial charge >= 0.3 is 0 Å². The van der Waals surface area contributed by atoms with Crippen LogP contribution in [0.3, 0.4) is 0 Å². The first-order valence-corrected chi connectivity index (χ1v) is 7.28. The molecule has 1 N–H and O–H groups in total. The molecule has 1 aromatic rings. The third-order valence-electron chi connectivity index (χ3n) is 4.15. The molecule has 1 saturated heterocycles. The number of anilines is 1. The minimum absolute atomic E-state index is 0.590. The van der Waals surface area contributed by atoms with Crippen LogP contribution in [0.25, 0.3) is 0 Å². The molecule has 1 aromatic carbocycles. The van der Waals surface area contributed by atoms with Gasteiger partial charge in [-0.3, -0.25) is 0 Å². The highest BCUT2D eigenvalue weighted by Crippen LogP contribution is 2.34. The molecule has 1 aliphatic heterocycles. The zero-order chi connectivity index (χ0) is 13.2. The molecule has 0 spiro atoms. The van der Waals surface area contributed by atoms with Gasteiger partial charge in [-0.15, -0.1) is 0 Å². The van der Waals surface area contributed by atoms with Crippen LogP contribution in [0, 0.1) is 18.3 Å². The zero-order valence-corrected chi connectivity index (χ0v) is 11.5. The van der Waals surface area contributed by atoms with Gasteiger partial charge in [-0.05, 0) is 56.8 Å². The van der Waals surface area contributed by atoms with Crippen LogP contribution in [-0.2, 0) is 0 Å². The van der Waals surface area contributed by atoms with Gasteiger partial charge in [0.05, 0.1) is 11.3 Å². The molecule has 0 aromatic heterocycles. The number of aryl methyl sites for hydroxylation is 1. The molecule has 1 aliphatic carbocycles. The first-order valence-electron chi connectivity index (χ1n) is 7.28. The van der Waals surface area contributed by atoms with Crippen LogP contribution in [0.15, 0.2) is 18.2 Å². The van der Waals surface area contributed by atoms with Crippen molar-refractivity contribution in [1.82, 2.24) is 5.32 Å². The van der Waals surface area contributed by atoms with E-state index >= 15 is 0 Å².